The Morgan fingerprint density at radius 3 is 2.65 bits per heavy atom. The van der Waals surface area contributed by atoms with E-state index in [1.165, 1.54) is 0 Å². The van der Waals surface area contributed by atoms with Crippen molar-refractivity contribution in [1.29, 1.82) is 0 Å². The number of hydrogen-bond donors (Lipinski definition) is 0. The van der Waals surface area contributed by atoms with E-state index in [0.717, 1.165) is 4.47 Å². The van der Waals surface area contributed by atoms with Crippen molar-refractivity contribution in [1.82, 2.24) is 4.90 Å². The third-order valence-electron chi connectivity index (χ3n) is 3.24. The molecule has 0 spiro atoms. The molecular weight excluding hydrogens is 282 g/mol. The Labute approximate surface area is 109 Å². The Balaban J connectivity index is 2.30. The van der Waals surface area contributed by atoms with Crippen molar-refractivity contribution >= 4 is 27.6 Å². The lowest BCUT2D eigenvalue weighted by molar-refractivity contribution is -0.123. The number of carbonyl (C=O) groups excluding carboxylic acids is 2. The molecule has 0 unspecified atom stereocenters. The molecular formula is C13H14BrNO2. The number of nitrogens with zero attached hydrogens (tertiary/aromatic N) is 1. The molecule has 17 heavy (non-hydrogen) atoms. The third-order valence-corrected chi connectivity index (χ3v) is 3.73. The first-order valence-corrected chi connectivity index (χ1v) is 6.33. The van der Waals surface area contributed by atoms with Crippen LogP contribution in [0, 0.1) is 0 Å². The van der Waals surface area contributed by atoms with Gasteiger partial charge in [0, 0.05) is 23.0 Å². The molecule has 1 heterocycles. The van der Waals surface area contributed by atoms with E-state index in [1.807, 2.05) is 12.1 Å². The average Bonchev–Trinajstić information content (AvgIpc) is 2.53. The van der Waals surface area contributed by atoms with Gasteiger partial charge < -0.3 is 4.90 Å². The minimum Gasteiger partial charge on any atom is -0.326 e. The second-order valence-electron chi connectivity index (χ2n) is 4.70. The molecule has 1 aliphatic heterocycles. The largest absolute Gasteiger partial charge is 0.326 e. The van der Waals surface area contributed by atoms with Gasteiger partial charge in [0.05, 0.1) is 5.54 Å². The third kappa shape index (κ3) is 2.14. The molecule has 1 aromatic carbocycles. The molecule has 2 rings (SSSR count). The van der Waals surface area contributed by atoms with Gasteiger partial charge in [-0.25, -0.2) is 0 Å². The van der Waals surface area contributed by atoms with Gasteiger partial charge in [0.2, 0.25) is 0 Å². The van der Waals surface area contributed by atoms with Gasteiger partial charge in [-0.15, -0.1) is 0 Å². The molecule has 1 fully saturated rings. The summed E-state index contributed by atoms with van der Waals surface area (Å²) < 4.78 is 0.867. The van der Waals surface area contributed by atoms with Crippen LogP contribution >= 0.6 is 15.9 Å². The van der Waals surface area contributed by atoms with Crippen molar-refractivity contribution < 1.29 is 9.59 Å². The van der Waals surface area contributed by atoms with Crippen LogP contribution in [-0.2, 0) is 4.79 Å². The minimum atomic E-state index is -0.681. The zero-order chi connectivity index (χ0) is 12.6. The van der Waals surface area contributed by atoms with Crippen LogP contribution in [0.4, 0.5) is 0 Å². The summed E-state index contributed by atoms with van der Waals surface area (Å²) in [6.07, 6.45) is 0.451. The number of likely N-dealkylation sites (tertiary alicyclic amines) is 1. The first-order chi connectivity index (χ1) is 7.93. The van der Waals surface area contributed by atoms with Crippen LogP contribution in [0.1, 0.15) is 30.6 Å². The number of hydrogen-bond acceptors (Lipinski definition) is 2. The Morgan fingerprint density at radius 2 is 2.12 bits per heavy atom. The summed E-state index contributed by atoms with van der Waals surface area (Å²) in [6.45, 7) is 4.12. The van der Waals surface area contributed by atoms with Gasteiger partial charge in [0.25, 0.3) is 5.91 Å². The maximum atomic E-state index is 12.3. The van der Waals surface area contributed by atoms with Gasteiger partial charge in [-0.1, -0.05) is 22.0 Å². The Morgan fingerprint density at radius 1 is 1.41 bits per heavy atom. The zero-order valence-corrected chi connectivity index (χ0v) is 11.5. The first-order valence-electron chi connectivity index (χ1n) is 5.54. The van der Waals surface area contributed by atoms with Crippen LogP contribution in [-0.4, -0.2) is 28.7 Å². The van der Waals surface area contributed by atoms with E-state index < -0.39 is 5.54 Å². The fourth-order valence-corrected chi connectivity index (χ4v) is 2.48. The molecule has 0 bridgehead atoms. The van der Waals surface area contributed by atoms with E-state index in [1.54, 1.807) is 30.9 Å². The van der Waals surface area contributed by atoms with E-state index in [0.29, 0.717) is 18.5 Å². The predicted octanol–water partition coefficient (Wildman–Crippen LogP) is 2.64. The summed E-state index contributed by atoms with van der Waals surface area (Å²) >= 11 is 3.34. The monoisotopic (exact) mass is 295 g/mol. The molecule has 0 aromatic heterocycles. The molecule has 1 saturated heterocycles. The van der Waals surface area contributed by atoms with Crippen LogP contribution in [0.25, 0.3) is 0 Å². The van der Waals surface area contributed by atoms with Crippen molar-refractivity contribution in [3.63, 3.8) is 0 Å². The highest BCUT2D eigenvalue weighted by molar-refractivity contribution is 9.10. The highest BCUT2D eigenvalue weighted by Crippen LogP contribution is 2.27. The van der Waals surface area contributed by atoms with Crippen molar-refractivity contribution in [2.24, 2.45) is 0 Å². The summed E-state index contributed by atoms with van der Waals surface area (Å²) in [7, 11) is 0. The fourth-order valence-electron chi connectivity index (χ4n) is 2.08. The average molecular weight is 296 g/mol. The Kier molecular flexibility index (Phi) is 3.08. The highest BCUT2D eigenvalue weighted by atomic mass is 79.9. The van der Waals surface area contributed by atoms with E-state index in [-0.39, 0.29) is 11.7 Å². The maximum Gasteiger partial charge on any atom is 0.254 e. The topological polar surface area (TPSA) is 37.4 Å². The van der Waals surface area contributed by atoms with E-state index in [9.17, 15) is 9.59 Å². The summed E-state index contributed by atoms with van der Waals surface area (Å²) in [5.74, 6) is 0.0444. The summed E-state index contributed by atoms with van der Waals surface area (Å²) in [5, 5.41) is 0. The SMILES string of the molecule is CC1(C)C(=O)CCN1C(=O)c1cccc(Br)c1. The van der Waals surface area contributed by atoms with Crippen LogP contribution < -0.4 is 0 Å². The number of ketones is 1. The van der Waals surface area contributed by atoms with Crippen LogP contribution in [0.3, 0.4) is 0 Å². The van der Waals surface area contributed by atoms with E-state index in [2.05, 4.69) is 15.9 Å². The number of rotatable bonds is 1. The quantitative estimate of drug-likeness (QED) is 0.799. The van der Waals surface area contributed by atoms with E-state index in [4.69, 9.17) is 0 Å². The number of Topliss-reactive ketones (excluding diaryl/α,β-unsaturated/α-hetero) is 1. The first kappa shape index (κ1) is 12.3. The molecule has 0 aliphatic carbocycles. The molecule has 90 valence electrons. The lowest BCUT2D eigenvalue weighted by Gasteiger charge is -2.30. The number of halogens is 1. The standard InChI is InChI=1S/C13H14BrNO2/c1-13(2)11(16)6-7-15(13)12(17)9-4-3-5-10(14)8-9/h3-5,8H,6-7H2,1-2H3. The second kappa shape index (κ2) is 4.26. The minimum absolute atomic E-state index is 0.0813. The molecule has 1 amide bonds. The smallest absolute Gasteiger partial charge is 0.254 e. The van der Waals surface area contributed by atoms with Crippen molar-refractivity contribution in [2.75, 3.05) is 6.54 Å². The number of benzene rings is 1. The number of amides is 1. The maximum absolute atomic E-state index is 12.3. The van der Waals surface area contributed by atoms with Crippen molar-refractivity contribution in [3.8, 4) is 0 Å². The van der Waals surface area contributed by atoms with E-state index >= 15 is 0 Å². The molecule has 1 aliphatic rings. The summed E-state index contributed by atoms with van der Waals surface area (Å²) in [6, 6.07) is 7.24. The van der Waals surface area contributed by atoms with Crippen molar-refractivity contribution in [2.45, 2.75) is 25.8 Å². The fraction of sp³-hybridized carbons (Fsp3) is 0.385. The molecule has 3 nitrogen and oxygen atoms in total. The highest BCUT2D eigenvalue weighted by Gasteiger charge is 2.42. The zero-order valence-electron chi connectivity index (χ0n) is 9.87. The van der Waals surface area contributed by atoms with Gasteiger partial charge in [0.1, 0.15) is 0 Å². The molecule has 0 atom stereocenters. The van der Waals surface area contributed by atoms with Gasteiger partial charge in [-0.3, -0.25) is 9.59 Å². The summed E-state index contributed by atoms with van der Waals surface area (Å²) in [5.41, 5.74) is -0.0680. The Bertz CT molecular complexity index is 482. The molecule has 0 radical (unpaired) electrons. The van der Waals surface area contributed by atoms with Gasteiger partial charge >= 0.3 is 0 Å². The second-order valence-corrected chi connectivity index (χ2v) is 5.62. The number of carbonyl (C=O) groups is 2. The lowest BCUT2D eigenvalue weighted by atomic mass is 10.00. The van der Waals surface area contributed by atoms with Crippen LogP contribution in [0.5, 0.6) is 0 Å². The molecule has 0 N–H and O–H groups in total. The predicted molar refractivity (Wildman–Crippen MR) is 68.9 cm³/mol. The normalized spacial score (nSPS) is 18.5. The van der Waals surface area contributed by atoms with Gasteiger partial charge in [-0.05, 0) is 32.0 Å². The van der Waals surface area contributed by atoms with Gasteiger partial charge in [-0.2, -0.15) is 0 Å². The molecule has 1 aromatic rings. The molecule has 0 saturated carbocycles. The van der Waals surface area contributed by atoms with Crippen molar-refractivity contribution in [3.05, 3.63) is 34.3 Å². The van der Waals surface area contributed by atoms with Gasteiger partial charge in [0.15, 0.2) is 5.78 Å². The van der Waals surface area contributed by atoms with Crippen LogP contribution in [0.2, 0.25) is 0 Å². The lowest BCUT2D eigenvalue weighted by Crippen LogP contribution is -2.46. The van der Waals surface area contributed by atoms with Crippen LogP contribution in [0.15, 0.2) is 28.7 Å². The Hall–Kier alpha value is -1.16. The molecule has 4 heteroatoms. The summed E-state index contributed by atoms with van der Waals surface area (Å²) in [4.78, 5) is 25.7.